The van der Waals surface area contributed by atoms with Crippen molar-refractivity contribution in [3.63, 3.8) is 0 Å². The van der Waals surface area contributed by atoms with E-state index < -0.39 is 28.3 Å². The summed E-state index contributed by atoms with van der Waals surface area (Å²) in [6, 6.07) is 13.0. The smallest absolute Gasteiger partial charge is 0.416 e. The van der Waals surface area contributed by atoms with Gasteiger partial charge in [0.25, 0.3) is 5.91 Å². The largest absolute Gasteiger partial charge is 0.495 e. The van der Waals surface area contributed by atoms with Crippen molar-refractivity contribution in [1.29, 1.82) is 0 Å². The number of carbonyl (C=O) groups is 1. The van der Waals surface area contributed by atoms with Crippen LogP contribution in [0.5, 0.6) is 17.2 Å². The average Bonchev–Trinajstić information content (AvgIpc) is 3.12. The van der Waals surface area contributed by atoms with Crippen molar-refractivity contribution >= 4 is 63.3 Å². The molecule has 0 unspecified atom stereocenters. The molecule has 0 N–H and O–H groups in total. The van der Waals surface area contributed by atoms with E-state index in [0.29, 0.717) is 29.1 Å². The molecule has 7 nitrogen and oxygen atoms in total. The first-order chi connectivity index (χ1) is 17.5. The second-order valence-corrected chi connectivity index (χ2v) is 9.50. The first kappa shape index (κ1) is 26.5. The fraction of sp³-hybridized carbons (Fsp3) is 0.0833. The zero-order valence-corrected chi connectivity index (χ0v) is 21.0. The number of halogens is 4. The third-order valence-electron chi connectivity index (χ3n) is 5.10. The highest BCUT2D eigenvalue weighted by Gasteiger charge is 2.35. The van der Waals surface area contributed by atoms with Gasteiger partial charge >= 0.3 is 11.9 Å². The van der Waals surface area contributed by atoms with Gasteiger partial charge in [0.15, 0.2) is 4.32 Å². The van der Waals surface area contributed by atoms with Crippen LogP contribution < -0.4 is 14.4 Å². The molecule has 0 bridgehead atoms. The number of rotatable bonds is 6. The highest BCUT2D eigenvalue weighted by molar-refractivity contribution is 8.27. The van der Waals surface area contributed by atoms with E-state index in [1.807, 2.05) is 0 Å². The fourth-order valence-electron chi connectivity index (χ4n) is 3.36. The van der Waals surface area contributed by atoms with Crippen molar-refractivity contribution in [3.05, 3.63) is 91.8 Å². The molecule has 1 saturated heterocycles. The summed E-state index contributed by atoms with van der Waals surface area (Å²) in [5.41, 5.74) is -1.25. The quantitative estimate of drug-likeness (QED) is 0.132. The van der Waals surface area contributed by atoms with Gasteiger partial charge < -0.3 is 9.47 Å². The van der Waals surface area contributed by atoms with Crippen molar-refractivity contribution < 1.29 is 32.4 Å². The topological polar surface area (TPSA) is 81.9 Å². The molecule has 0 aromatic heterocycles. The van der Waals surface area contributed by atoms with Gasteiger partial charge in [0, 0.05) is 11.6 Å². The minimum atomic E-state index is -4.76. The Labute approximate surface area is 222 Å². The Balaban J connectivity index is 1.67. The van der Waals surface area contributed by atoms with Crippen LogP contribution in [-0.4, -0.2) is 22.3 Å². The van der Waals surface area contributed by atoms with E-state index in [0.717, 1.165) is 17.8 Å². The molecule has 3 aromatic carbocycles. The summed E-state index contributed by atoms with van der Waals surface area (Å²) in [7, 11) is 1.46. The predicted molar refractivity (Wildman–Crippen MR) is 138 cm³/mol. The molecule has 0 spiro atoms. The summed E-state index contributed by atoms with van der Waals surface area (Å²) in [5.74, 6) is -0.316. The number of ether oxygens (including phenoxy) is 2. The average molecular weight is 567 g/mol. The lowest BCUT2D eigenvalue weighted by molar-refractivity contribution is -0.385. The van der Waals surface area contributed by atoms with Crippen molar-refractivity contribution in [3.8, 4) is 17.2 Å². The fourth-order valence-corrected chi connectivity index (χ4v) is 4.90. The van der Waals surface area contributed by atoms with E-state index in [4.69, 9.17) is 33.3 Å². The van der Waals surface area contributed by atoms with Crippen LogP contribution in [0.1, 0.15) is 11.1 Å². The number of methoxy groups -OCH3 is 1. The maximum atomic E-state index is 13.2. The second kappa shape index (κ2) is 10.4. The van der Waals surface area contributed by atoms with Crippen LogP contribution in [0.15, 0.2) is 65.6 Å². The van der Waals surface area contributed by atoms with Gasteiger partial charge in [-0.2, -0.15) is 13.2 Å². The Morgan fingerprint density at radius 1 is 1.08 bits per heavy atom. The number of nitrogens with zero attached hydrogens (tertiary/aromatic N) is 2. The standard InChI is InChI=1S/C24H14ClF3N2O5S2/c1-34-19-9-7-15(12-16(19)25)29-22(31)21(37-23(29)36)10-13-4-2-3-5-18(13)35-20-8-6-14(24(26,27)28)11-17(20)30(32)33/h2-12H,1H3/b21-10+. The molecule has 1 amide bonds. The van der Waals surface area contributed by atoms with Crippen LogP contribution >= 0.6 is 35.6 Å². The minimum Gasteiger partial charge on any atom is -0.495 e. The maximum absolute atomic E-state index is 13.2. The molecule has 1 aliphatic rings. The van der Waals surface area contributed by atoms with E-state index in [-0.39, 0.29) is 25.7 Å². The van der Waals surface area contributed by atoms with E-state index in [2.05, 4.69) is 0 Å². The third-order valence-corrected chi connectivity index (χ3v) is 6.69. The number of anilines is 1. The highest BCUT2D eigenvalue weighted by atomic mass is 35.5. The minimum absolute atomic E-state index is 0.0862. The van der Waals surface area contributed by atoms with Crippen LogP contribution in [-0.2, 0) is 11.0 Å². The van der Waals surface area contributed by atoms with E-state index in [1.165, 1.54) is 30.2 Å². The Morgan fingerprint density at radius 2 is 1.78 bits per heavy atom. The van der Waals surface area contributed by atoms with Gasteiger partial charge in [-0.05, 0) is 42.5 Å². The summed E-state index contributed by atoms with van der Waals surface area (Å²) in [5, 5.41) is 11.7. The van der Waals surface area contributed by atoms with E-state index in [1.54, 1.807) is 30.3 Å². The number of hydrogen-bond donors (Lipinski definition) is 0. The molecule has 4 rings (SSSR count). The maximum Gasteiger partial charge on any atom is 0.416 e. The normalized spacial score (nSPS) is 14.8. The first-order valence-electron chi connectivity index (χ1n) is 10.2. The highest BCUT2D eigenvalue weighted by Crippen LogP contribution is 2.41. The van der Waals surface area contributed by atoms with Crippen molar-refractivity contribution in [2.45, 2.75) is 6.18 Å². The summed E-state index contributed by atoms with van der Waals surface area (Å²) in [4.78, 5) is 25.2. The van der Waals surface area contributed by atoms with Gasteiger partial charge in [-0.15, -0.1) is 0 Å². The monoisotopic (exact) mass is 566 g/mol. The molecule has 1 heterocycles. The second-order valence-electron chi connectivity index (χ2n) is 7.41. The van der Waals surface area contributed by atoms with E-state index in [9.17, 15) is 28.1 Å². The SMILES string of the molecule is COc1ccc(N2C(=O)/C(=C\c3ccccc3Oc3ccc(C(F)(F)F)cc3[N+](=O)[O-])SC2=S)cc1Cl. The zero-order chi connectivity index (χ0) is 26.9. The summed E-state index contributed by atoms with van der Waals surface area (Å²) in [6.45, 7) is 0. The number of thiocarbonyl (C=S) groups is 1. The Hall–Kier alpha value is -3.61. The summed E-state index contributed by atoms with van der Waals surface area (Å²) < 4.78 is 50.1. The lowest BCUT2D eigenvalue weighted by Gasteiger charge is -2.15. The number of thioether (sulfide) groups is 1. The third kappa shape index (κ3) is 5.55. The van der Waals surface area contributed by atoms with Crippen LogP contribution in [0.3, 0.4) is 0 Å². The van der Waals surface area contributed by atoms with Crippen LogP contribution in [0.2, 0.25) is 5.02 Å². The lowest BCUT2D eigenvalue weighted by Crippen LogP contribution is -2.27. The van der Waals surface area contributed by atoms with Crippen LogP contribution in [0.25, 0.3) is 6.08 Å². The van der Waals surface area contributed by atoms with Gasteiger partial charge in [-0.3, -0.25) is 19.8 Å². The first-order valence-corrected chi connectivity index (χ1v) is 11.8. The van der Waals surface area contributed by atoms with Crippen molar-refractivity contribution in [1.82, 2.24) is 0 Å². The Morgan fingerprint density at radius 3 is 2.43 bits per heavy atom. The molecule has 0 radical (unpaired) electrons. The number of nitro groups is 1. The molecule has 3 aromatic rings. The Kier molecular flexibility index (Phi) is 7.44. The molecular weight excluding hydrogens is 553 g/mol. The number of hydrogen-bond acceptors (Lipinski definition) is 7. The molecule has 37 heavy (non-hydrogen) atoms. The zero-order valence-electron chi connectivity index (χ0n) is 18.6. The number of para-hydroxylation sites is 1. The van der Waals surface area contributed by atoms with Crippen LogP contribution in [0.4, 0.5) is 24.5 Å². The molecule has 0 aliphatic carbocycles. The number of alkyl halides is 3. The molecule has 1 aliphatic heterocycles. The van der Waals surface area contributed by atoms with Gasteiger partial charge in [-0.1, -0.05) is 53.8 Å². The van der Waals surface area contributed by atoms with Crippen molar-refractivity contribution in [2.75, 3.05) is 12.0 Å². The molecule has 190 valence electrons. The molecule has 1 fully saturated rings. The number of nitro benzene ring substituents is 1. The Bertz CT molecular complexity index is 1460. The van der Waals surface area contributed by atoms with Crippen LogP contribution in [0, 0.1) is 10.1 Å². The van der Waals surface area contributed by atoms with Gasteiger partial charge in [-0.25, -0.2) is 0 Å². The van der Waals surface area contributed by atoms with Gasteiger partial charge in [0.05, 0.1) is 33.2 Å². The predicted octanol–water partition coefficient (Wildman–Crippen LogP) is 7.47. The molecule has 0 atom stereocenters. The molecule has 0 saturated carbocycles. The number of carbonyl (C=O) groups excluding carboxylic acids is 1. The van der Waals surface area contributed by atoms with Gasteiger partial charge in [0.1, 0.15) is 11.5 Å². The lowest BCUT2D eigenvalue weighted by atomic mass is 10.1. The number of benzene rings is 3. The summed E-state index contributed by atoms with van der Waals surface area (Å²) >= 11 is 12.6. The summed E-state index contributed by atoms with van der Waals surface area (Å²) in [6.07, 6.45) is -3.28. The van der Waals surface area contributed by atoms with Gasteiger partial charge in [0.2, 0.25) is 5.75 Å². The van der Waals surface area contributed by atoms with Crippen molar-refractivity contribution in [2.24, 2.45) is 0 Å². The molecule has 13 heteroatoms. The number of amides is 1. The molecular formula is C24H14ClF3N2O5S2. The van der Waals surface area contributed by atoms with E-state index >= 15 is 0 Å².